The number of aliphatic hydroxyl groups excluding tert-OH is 1. The van der Waals surface area contributed by atoms with E-state index >= 15 is 0 Å². The van der Waals surface area contributed by atoms with Gasteiger partial charge in [0.2, 0.25) is 0 Å². The highest BCUT2D eigenvalue weighted by Gasteiger charge is 2.43. The third-order valence-corrected chi connectivity index (χ3v) is 6.70. The quantitative estimate of drug-likeness (QED) is 0.383. The Labute approximate surface area is 170 Å². The maximum Gasteiger partial charge on any atom is 0.306 e. The van der Waals surface area contributed by atoms with Gasteiger partial charge >= 0.3 is 5.97 Å². The summed E-state index contributed by atoms with van der Waals surface area (Å²) in [5.41, 5.74) is 0. The minimum atomic E-state index is -0.349. The molecule has 0 aliphatic carbocycles. The van der Waals surface area contributed by atoms with Gasteiger partial charge in [-0.1, -0.05) is 58.3 Å². The van der Waals surface area contributed by atoms with Crippen LogP contribution in [-0.2, 0) is 19.0 Å². The lowest BCUT2D eigenvalue weighted by Crippen LogP contribution is -2.33. The number of hydrogen-bond donors (Lipinski definition) is 1. The second kappa shape index (κ2) is 11.5. The number of hydrogen-bond acceptors (Lipinski definition) is 5. The predicted molar refractivity (Wildman–Crippen MR) is 108 cm³/mol. The van der Waals surface area contributed by atoms with Crippen LogP contribution in [0.25, 0.3) is 0 Å². The van der Waals surface area contributed by atoms with Gasteiger partial charge in [0, 0.05) is 6.42 Å². The number of aliphatic hydroxyl groups is 1. The fourth-order valence-electron chi connectivity index (χ4n) is 4.96. The van der Waals surface area contributed by atoms with Crippen LogP contribution in [0.2, 0.25) is 0 Å². The molecule has 3 aliphatic rings. The van der Waals surface area contributed by atoms with E-state index in [4.69, 9.17) is 14.2 Å². The third-order valence-electron chi connectivity index (χ3n) is 6.70. The Hall–Kier alpha value is -0.650. The highest BCUT2D eigenvalue weighted by Crippen LogP contribution is 2.36. The molecule has 3 saturated heterocycles. The molecule has 162 valence electrons. The zero-order valence-corrected chi connectivity index (χ0v) is 17.7. The van der Waals surface area contributed by atoms with E-state index in [0.29, 0.717) is 6.42 Å². The largest absolute Gasteiger partial charge is 0.460 e. The Morgan fingerprint density at radius 3 is 2.11 bits per heavy atom. The van der Waals surface area contributed by atoms with E-state index in [1.807, 2.05) is 0 Å². The van der Waals surface area contributed by atoms with Gasteiger partial charge in [0.1, 0.15) is 6.10 Å². The lowest BCUT2D eigenvalue weighted by atomic mass is 10.0. The minimum Gasteiger partial charge on any atom is -0.460 e. The van der Waals surface area contributed by atoms with Crippen LogP contribution in [0.3, 0.4) is 0 Å². The van der Waals surface area contributed by atoms with Crippen molar-refractivity contribution in [3.63, 3.8) is 0 Å². The molecule has 5 heteroatoms. The lowest BCUT2D eigenvalue weighted by molar-refractivity contribution is -0.149. The van der Waals surface area contributed by atoms with Gasteiger partial charge in [0.15, 0.2) is 0 Å². The van der Waals surface area contributed by atoms with E-state index < -0.39 is 0 Å². The molecule has 0 saturated carbocycles. The van der Waals surface area contributed by atoms with E-state index in [-0.39, 0.29) is 42.6 Å². The van der Waals surface area contributed by atoms with Crippen molar-refractivity contribution in [2.24, 2.45) is 0 Å². The van der Waals surface area contributed by atoms with Gasteiger partial charge in [-0.2, -0.15) is 0 Å². The highest BCUT2D eigenvalue weighted by atomic mass is 16.6. The fraction of sp³-hybridized carbons (Fsp3) is 0.957. The summed E-state index contributed by atoms with van der Waals surface area (Å²) in [5.74, 6) is -0.0988. The van der Waals surface area contributed by atoms with Crippen LogP contribution < -0.4 is 0 Å². The first-order chi connectivity index (χ1) is 13.7. The highest BCUT2D eigenvalue weighted by molar-refractivity contribution is 5.71. The summed E-state index contributed by atoms with van der Waals surface area (Å²) < 4.78 is 17.7. The van der Waals surface area contributed by atoms with Crippen molar-refractivity contribution >= 4 is 5.97 Å². The molecule has 3 aliphatic heterocycles. The van der Waals surface area contributed by atoms with Crippen LogP contribution in [0.1, 0.15) is 103 Å². The minimum absolute atomic E-state index is 0.0290. The van der Waals surface area contributed by atoms with Crippen LogP contribution in [0, 0.1) is 0 Å². The Bertz CT molecular complexity index is 468. The maximum atomic E-state index is 11.3. The Kier molecular flexibility index (Phi) is 9.06. The first-order valence-corrected chi connectivity index (χ1v) is 11.9. The van der Waals surface area contributed by atoms with Crippen molar-refractivity contribution in [3.05, 3.63) is 0 Å². The molecule has 6 atom stereocenters. The number of carbonyl (C=O) groups is 1. The number of rotatable bonds is 12. The summed E-state index contributed by atoms with van der Waals surface area (Å²) in [6, 6.07) is 0. The molecule has 5 nitrogen and oxygen atoms in total. The van der Waals surface area contributed by atoms with Crippen molar-refractivity contribution in [1.29, 1.82) is 0 Å². The molecule has 0 aromatic rings. The van der Waals surface area contributed by atoms with Crippen LogP contribution >= 0.6 is 0 Å². The van der Waals surface area contributed by atoms with E-state index in [2.05, 4.69) is 6.92 Å². The molecule has 1 N–H and O–H groups in total. The summed E-state index contributed by atoms with van der Waals surface area (Å²) in [6.07, 6.45) is 16.0. The zero-order valence-electron chi connectivity index (χ0n) is 17.7. The second-order valence-corrected chi connectivity index (χ2v) is 8.98. The molecule has 3 heterocycles. The van der Waals surface area contributed by atoms with E-state index in [1.54, 1.807) is 0 Å². The van der Waals surface area contributed by atoms with Crippen LogP contribution in [0.4, 0.5) is 0 Å². The summed E-state index contributed by atoms with van der Waals surface area (Å²) >= 11 is 0. The van der Waals surface area contributed by atoms with Crippen molar-refractivity contribution in [2.45, 2.75) is 140 Å². The summed E-state index contributed by atoms with van der Waals surface area (Å²) in [4.78, 5) is 11.3. The average molecular weight is 397 g/mol. The predicted octanol–water partition coefficient (Wildman–Crippen LogP) is 4.68. The number of carbonyl (C=O) groups excluding carboxylic acids is 1. The van der Waals surface area contributed by atoms with Crippen molar-refractivity contribution in [2.75, 3.05) is 0 Å². The average Bonchev–Trinajstić information content (AvgIpc) is 3.43. The standard InChI is InChI=1S/C23H40O5/c1-2-3-4-5-6-7-8-9-10-17(24)18-11-12-19(26-18)20-13-14-21(27-20)22-15-16-23(25)28-22/h17-22,24H,2-16H2,1H3/t17-,18-,19-,20-,21-,22-/m0/s1. The molecule has 3 rings (SSSR count). The van der Waals surface area contributed by atoms with Crippen molar-refractivity contribution in [3.8, 4) is 0 Å². The normalized spacial score (nSPS) is 34.1. The summed E-state index contributed by atoms with van der Waals surface area (Å²) in [6.45, 7) is 2.25. The number of esters is 1. The molecule has 0 bridgehead atoms. The topological polar surface area (TPSA) is 65.0 Å². The molecule has 3 fully saturated rings. The van der Waals surface area contributed by atoms with Gasteiger partial charge in [-0.15, -0.1) is 0 Å². The molecule has 0 spiro atoms. The molecule has 0 radical (unpaired) electrons. The molecular weight excluding hydrogens is 356 g/mol. The second-order valence-electron chi connectivity index (χ2n) is 8.98. The smallest absolute Gasteiger partial charge is 0.306 e. The van der Waals surface area contributed by atoms with Crippen LogP contribution in [0.15, 0.2) is 0 Å². The van der Waals surface area contributed by atoms with E-state index in [0.717, 1.165) is 44.9 Å². The van der Waals surface area contributed by atoms with Crippen molar-refractivity contribution in [1.82, 2.24) is 0 Å². The Morgan fingerprint density at radius 2 is 1.43 bits per heavy atom. The third kappa shape index (κ3) is 6.43. The molecule has 0 aromatic carbocycles. The summed E-state index contributed by atoms with van der Waals surface area (Å²) in [7, 11) is 0. The molecule has 0 unspecified atom stereocenters. The van der Waals surface area contributed by atoms with Gasteiger partial charge in [0.25, 0.3) is 0 Å². The lowest BCUT2D eigenvalue weighted by Gasteiger charge is -2.24. The van der Waals surface area contributed by atoms with E-state index in [1.165, 1.54) is 44.9 Å². The maximum absolute atomic E-state index is 11.3. The Morgan fingerprint density at radius 1 is 0.821 bits per heavy atom. The van der Waals surface area contributed by atoms with Gasteiger partial charge in [-0.05, 0) is 38.5 Å². The van der Waals surface area contributed by atoms with Gasteiger partial charge in [-0.25, -0.2) is 0 Å². The molecule has 28 heavy (non-hydrogen) atoms. The first kappa shape index (κ1) is 22.0. The number of cyclic esters (lactones) is 1. The van der Waals surface area contributed by atoms with Gasteiger partial charge in [0.05, 0.1) is 30.5 Å². The first-order valence-electron chi connectivity index (χ1n) is 11.9. The molecular formula is C23H40O5. The van der Waals surface area contributed by atoms with Crippen LogP contribution in [-0.4, -0.2) is 47.7 Å². The SMILES string of the molecule is CCCCCCCCCC[C@H](O)[C@@H]1CC[C@@H]([C@@H]2CC[C@@H]([C@@H]3CCC(=O)O3)O2)O1. The fourth-order valence-corrected chi connectivity index (χ4v) is 4.96. The van der Waals surface area contributed by atoms with Crippen LogP contribution in [0.5, 0.6) is 0 Å². The van der Waals surface area contributed by atoms with E-state index in [9.17, 15) is 9.90 Å². The molecule has 0 aromatic heterocycles. The Balaban J connectivity index is 1.27. The number of unbranched alkanes of at least 4 members (excludes halogenated alkanes) is 7. The van der Waals surface area contributed by atoms with Gasteiger partial charge in [-0.3, -0.25) is 4.79 Å². The van der Waals surface area contributed by atoms with Gasteiger partial charge < -0.3 is 19.3 Å². The molecule has 0 amide bonds. The monoisotopic (exact) mass is 396 g/mol. The number of ether oxygens (including phenoxy) is 3. The summed E-state index contributed by atoms with van der Waals surface area (Å²) in [5, 5.41) is 10.5. The zero-order chi connectivity index (χ0) is 19.8. The van der Waals surface area contributed by atoms with Crippen molar-refractivity contribution < 1.29 is 24.1 Å².